The third-order valence-corrected chi connectivity index (χ3v) is 3.87. The zero-order valence-corrected chi connectivity index (χ0v) is 21.7. The minimum Gasteiger partial charge on any atom is -0.550 e. The first kappa shape index (κ1) is 50.7. The monoisotopic (exact) mass is 573 g/mol. The average Bonchev–Trinajstić information content (AvgIpc) is 2.72. The van der Waals surface area contributed by atoms with E-state index in [2.05, 4.69) is 9.97 Å². The normalized spacial score (nSPS) is 14.6. The number of hydrogen-bond acceptors (Lipinski definition) is 8. The first-order chi connectivity index (χ1) is 14.4. The maximum Gasteiger partial charge on any atom is 2.00 e. The zero-order chi connectivity index (χ0) is 22.2. The van der Waals surface area contributed by atoms with Crippen LogP contribution in [0.25, 0.3) is 0 Å². The molecule has 2 aromatic heterocycles. The molecule has 12 N–H and O–H groups in total. The van der Waals surface area contributed by atoms with Gasteiger partial charge in [-0.05, 0) is 51.0 Å². The summed E-state index contributed by atoms with van der Waals surface area (Å²) < 4.78 is 0. The second-order valence-corrected chi connectivity index (χ2v) is 6.47. The summed E-state index contributed by atoms with van der Waals surface area (Å²) in [7, 11) is 0. The molecule has 1 saturated carbocycles. The predicted octanol–water partition coefficient (Wildman–Crippen LogP) is -4.11. The van der Waals surface area contributed by atoms with Gasteiger partial charge in [-0.3, -0.25) is 20.0 Å². The zero-order valence-electron chi connectivity index (χ0n) is 20.6. The number of rotatable bonds is 4. The smallest absolute Gasteiger partial charge is 0.550 e. The summed E-state index contributed by atoms with van der Waals surface area (Å²) in [4.78, 5) is 35.8. The van der Waals surface area contributed by atoms with Crippen LogP contribution in [-0.2, 0) is 26.7 Å². The molecule has 3 rings (SSSR count). The fraction of sp³-hybridized carbons (Fsp3) is 0.364. The largest absolute Gasteiger partial charge is 2.00 e. The van der Waals surface area contributed by atoms with E-state index in [4.69, 9.17) is 29.8 Å². The Labute approximate surface area is 225 Å². The topological polar surface area (TPSA) is 320 Å². The molecule has 0 unspecified atom stereocenters. The molecule has 213 valence electrons. The molecule has 2 heterocycles. The molecule has 0 bridgehead atoms. The Morgan fingerprint density at radius 1 is 0.730 bits per heavy atom. The van der Waals surface area contributed by atoms with Crippen molar-refractivity contribution >= 4 is 24.4 Å². The summed E-state index contributed by atoms with van der Waals surface area (Å²) >= 11 is 0. The predicted molar refractivity (Wildman–Crippen MR) is 133 cm³/mol. The number of aliphatic imine (C=N–C) groups is 2. The number of nitrogens with zero attached hydrogens (tertiary/aromatic N) is 4. The molecule has 0 amide bonds. The van der Waals surface area contributed by atoms with E-state index >= 15 is 0 Å². The molecule has 1 radical (unpaired) electrons. The van der Waals surface area contributed by atoms with Crippen LogP contribution in [0.2, 0.25) is 0 Å². The van der Waals surface area contributed by atoms with Gasteiger partial charge in [0.1, 0.15) is 0 Å². The van der Waals surface area contributed by atoms with Gasteiger partial charge in [0.05, 0.1) is 23.5 Å². The van der Waals surface area contributed by atoms with Crippen molar-refractivity contribution in [3.8, 4) is 0 Å². The molecular formula is C22H38MnN4O10. The molecule has 15 heteroatoms. The maximum absolute atomic E-state index is 8.89. The number of carboxylic acids is 2. The van der Waals surface area contributed by atoms with Crippen molar-refractivity contribution in [2.24, 2.45) is 9.98 Å². The van der Waals surface area contributed by atoms with E-state index in [9.17, 15) is 0 Å². The van der Waals surface area contributed by atoms with Gasteiger partial charge in [-0.15, -0.1) is 0 Å². The van der Waals surface area contributed by atoms with E-state index in [1.165, 1.54) is 12.8 Å². The van der Waals surface area contributed by atoms with E-state index in [-0.39, 0.29) is 62.0 Å². The number of carboxylic acid groups (broad SMARTS) is 2. The second-order valence-electron chi connectivity index (χ2n) is 6.47. The van der Waals surface area contributed by atoms with Crippen LogP contribution < -0.4 is 10.2 Å². The third kappa shape index (κ3) is 27.3. The number of aromatic nitrogens is 2. The van der Waals surface area contributed by atoms with Gasteiger partial charge in [-0.2, -0.15) is 0 Å². The Hall–Kier alpha value is -3.14. The van der Waals surface area contributed by atoms with Crippen LogP contribution in [0.4, 0.5) is 0 Å². The van der Waals surface area contributed by atoms with Crippen molar-refractivity contribution in [1.29, 1.82) is 0 Å². The van der Waals surface area contributed by atoms with Crippen LogP contribution in [0.3, 0.4) is 0 Å². The summed E-state index contributed by atoms with van der Waals surface area (Å²) in [6.07, 6.45) is 12.0. The number of hydrogen-bond donors (Lipinski definition) is 0. The third-order valence-electron chi connectivity index (χ3n) is 3.87. The summed E-state index contributed by atoms with van der Waals surface area (Å²) in [6, 6.07) is 12.2. The van der Waals surface area contributed by atoms with Crippen LogP contribution in [0.15, 0.2) is 58.8 Å². The molecular weight excluding hydrogens is 535 g/mol. The molecule has 1 fully saturated rings. The molecule has 1 aliphatic rings. The van der Waals surface area contributed by atoms with Gasteiger partial charge in [-0.25, -0.2) is 0 Å². The molecule has 0 spiro atoms. The average molecular weight is 574 g/mol. The summed E-state index contributed by atoms with van der Waals surface area (Å²) in [5.74, 6) is -2.17. The number of pyridine rings is 2. The van der Waals surface area contributed by atoms with E-state index < -0.39 is 11.9 Å². The van der Waals surface area contributed by atoms with Crippen molar-refractivity contribution in [1.82, 2.24) is 9.97 Å². The van der Waals surface area contributed by atoms with Gasteiger partial charge in [0.25, 0.3) is 0 Å². The minimum atomic E-state index is -1.08. The van der Waals surface area contributed by atoms with Crippen LogP contribution in [-0.4, -0.2) is 79.3 Å². The Kier molecular flexibility index (Phi) is 42.3. The van der Waals surface area contributed by atoms with Gasteiger partial charge >= 0.3 is 17.1 Å². The standard InChI is InChI=1S/C18H20N4.2C2H4O2.Mn.6H2O/c1-2-10-18(22-14-16-8-4-6-12-20-16)17(9-1)21-13-15-7-3-5-11-19-15;2*1-2(3)4;;;;;;;/h3-8,11-14,17-18H,1-2,9-10H2;2*1H3,(H,3,4);;6*1H2/q;;;+2;;;;;;/p-2/t17-,18-;;;;;;;;;/m1........./s1. The number of aliphatic carboxylic acids is 2. The first-order valence-electron chi connectivity index (χ1n) is 9.62. The van der Waals surface area contributed by atoms with Crippen molar-refractivity contribution in [3.05, 3.63) is 60.2 Å². The van der Waals surface area contributed by atoms with E-state index in [0.717, 1.165) is 38.1 Å². The SMILES string of the molecule is C(=N[C@@H]1CCCC[C@H]1N=Cc1ccccn1)c1ccccn1.CC(=O)[O-].CC(=O)[O-].O.O.O.O.O.O.[Mn+2]. The molecule has 2 atom stereocenters. The Balaban J connectivity index is -0.000000107. The van der Waals surface area contributed by atoms with Crippen molar-refractivity contribution in [2.45, 2.75) is 51.6 Å². The summed E-state index contributed by atoms with van der Waals surface area (Å²) in [6.45, 7) is 1.94. The van der Waals surface area contributed by atoms with Gasteiger partial charge in [0.15, 0.2) is 0 Å². The quantitative estimate of drug-likeness (QED) is 0.258. The molecule has 37 heavy (non-hydrogen) atoms. The van der Waals surface area contributed by atoms with Crippen molar-refractivity contribution in [3.63, 3.8) is 0 Å². The molecule has 2 aromatic rings. The van der Waals surface area contributed by atoms with Crippen LogP contribution >= 0.6 is 0 Å². The van der Waals surface area contributed by atoms with E-state index in [1.54, 1.807) is 12.4 Å². The second kappa shape index (κ2) is 30.9. The van der Waals surface area contributed by atoms with Crippen molar-refractivity contribution < 1.29 is 69.7 Å². The molecule has 1 aliphatic carbocycles. The van der Waals surface area contributed by atoms with Gasteiger partial charge < -0.3 is 52.7 Å². The Bertz CT molecular complexity index is 753. The first-order valence-corrected chi connectivity index (χ1v) is 9.62. The summed E-state index contributed by atoms with van der Waals surface area (Å²) in [5.41, 5.74) is 1.81. The fourth-order valence-corrected chi connectivity index (χ4v) is 2.69. The van der Waals surface area contributed by atoms with Crippen molar-refractivity contribution in [2.75, 3.05) is 0 Å². The maximum atomic E-state index is 8.89. The van der Waals surface area contributed by atoms with Gasteiger partial charge in [0, 0.05) is 36.8 Å². The van der Waals surface area contributed by atoms with Gasteiger partial charge in [0.2, 0.25) is 0 Å². The van der Waals surface area contributed by atoms with E-state index in [0.29, 0.717) is 0 Å². The molecule has 0 saturated heterocycles. The Morgan fingerprint density at radius 3 is 1.27 bits per heavy atom. The minimum absolute atomic E-state index is 0. The molecule has 0 aromatic carbocycles. The van der Waals surface area contributed by atoms with Crippen LogP contribution in [0.1, 0.15) is 50.9 Å². The van der Waals surface area contributed by atoms with Crippen LogP contribution in [0, 0.1) is 0 Å². The number of carbonyl (C=O) groups is 2. The van der Waals surface area contributed by atoms with Gasteiger partial charge in [-0.1, -0.05) is 25.0 Å². The number of carbonyl (C=O) groups excluding carboxylic acids is 2. The fourth-order valence-electron chi connectivity index (χ4n) is 2.69. The summed E-state index contributed by atoms with van der Waals surface area (Å²) in [5, 5.41) is 17.8. The molecule has 14 nitrogen and oxygen atoms in total. The van der Waals surface area contributed by atoms with Crippen LogP contribution in [0.5, 0.6) is 0 Å². The van der Waals surface area contributed by atoms with E-state index in [1.807, 2.05) is 48.8 Å². The molecule has 0 aliphatic heterocycles. The Morgan fingerprint density at radius 2 is 1.03 bits per heavy atom.